The van der Waals surface area contributed by atoms with Gasteiger partial charge in [-0.15, -0.1) is 0 Å². The Bertz CT molecular complexity index is 474. The first-order valence-corrected chi connectivity index (χ1v) is 6.03. The van der Waals surface area contributed by atoms with Crippen LogP contribution in [0.2, 0.25) is 0 Å². The van der Waals surface area contributed by atoms with E-state index in [4.69, 9.17) is 5.11 Å². The van der Waals surface area contributed by atoms with E-state index < -0.39 is 5.97 Å². The van der Waals surface area contributed by atoms with Crippen molar-refractivity contribution in [1.82, 2.24) is 5.32 Å². The van der Waals surface area contributed by atoms with Crippen molar-refractivity contribution in [2.24, 2.45) is 0 Å². The number of carbonyl (C=O) groups is 2. The van der Waals surface area contributed by atoms with Gasteiger partial charge in [0.2, 0.25) is 5.91 Å². The lowest BCUT2D eigenvalue weighted by Crippen LogP contribution is -2.33. The van der Waals surface area contributed by atoms with Gasteiger partial charge in [0, 0.05) is 17.8 Å². The topological polar surface area (TPSA) is 98.7 Å². The molecule has 1 aromatic carbocycles. The second-order valence-corrected chi connectivity index (χ2v) is 4.28. The lowest BCUT2D eigenvalue weighted by atomic mass is 10.2. The molecule has 104 valence electrons. The van der Waals surface area contributed by atoms with Crippen molar-refractivity contribution < 1.29 is 19.8 Å². The minimum Gasteiger partial charge on any atom is -0.507 e. The van der Waals surface area contributed by atoms with E-state index in [9.17, 15) is 14.7 Å². The van der Waals surface area contributed by atoms with Crippen LogP contribution in [-0.4, -0.2) is 34.7 Å². The number of amides is 1. The van der Waals surface area contributed by atoms with Crippen LogP contribution in [0.15, 0.2) is 18.2 Å². The summed E-state index contributed by atoms with van der Waals surface area (Å²) < 4.78 is 0. The third-order valence-electron chi connectivity index (χ3n) is 2.74. The molecular weight excluding hydrogens is 248 g/mol. The summed E-state index contributed by atoms with van der Waals surface area (Å²) >= 11 is 0. The average Bonchev–Trinajstić information content (AvgIpc) is 2.35. The molecule has 6 nitrogen and oxygen atoms in total. The van der Waals surface area contributed by atoms with E-state index in [1.807, 2.05) is 13.8 Å². The number of carbonyl (C=O) groups excluding carboxylic acids is 1. The molecule has 0 aliphatic carbocycles. The standard InChI is InChI=1S/C13H18N2O4/c1-3-8(2)14-7-12(17)15-9-4-5-10(13(18)19)11(16)6-9/h4-6,8,14,16H,3,7H2,1-2H3,(H,15,17)(H,18,19). The number of hydrogen-bond donors (Lipinski definition) is 4. The molecule has 1 unspecified atom stereocenters. The highest BCUT2D eigenvalue weighted by atomic mass is 16.4. The van der Waals surface area contributed by atoms with Crippen LogP contribution < -0.4 is 10.6 Å². The number of carboxylic acid groups (broad SMARTS) is 1. The molecule has 1 amide bonds. The molecule has 1 aromatic rings. The van der Waals surface area contributed by atoms with E-state index >= 15 is 0 Å². The summed E-state index contributed by atoms with van der Waals surface area (Å²) in [5.74, 6) is -1.84. The highest BCUT2D eigenvalue weighted by molar-refractivity contribution is 5.95. The third-order valence-corrected chi connectivity index (χ3v) is 2.74. The first-order chi connectivity index (χ1) is 8.93. The van der Waals surface area contributed by atoms with Crippen molar-refractivity contribution in [1.29, 1.82) is 0 Å². The predicted molar refractivity (Wildman–Crippen MR) is 71.5 cm³/mol. The van der Waals surface area contributed by atoms with Gasteiger partial charge in [-0.3, -0.25) is 4.79 Å². The summed E-state index contributed by atoms with van der Waals surface area (Å²) in [6.45, 7) is 4.15. The number of aromatic carboxylic acids is 1. The van der Waals surface area contributed by atoms with Crippen LogP contribution in [0.3, 0.4) is 0 Å². The maximum atomic E-state index is 11.6. The van der Waals surface area contributed by atoms with Gasteiger partial charge in [-0.1, -0.05) is 6.92 Å². The minimum absolute atomic E-state index is 0.163. The smallest absolute Gasteiger partial charge is 0.339 e. The number of aromatic hydroxyl groups is 1. The van der Waals surface area contributed by atoms with Crippen LogP contribution in [0.1, 0.15) is 30.6 Å². The zero-order chi connectivity index (χ0) is 14.4. The van der Waals surface area contributed by atoms with Crippen molar-refractivity contribution in [3.05, 3.63) is 23.8 Å². The van der Waals surface area contributed by atoms with E-state index in [1.165, 1.54) is 18.2 Å². The summed E-state index contributed by atoms with van der Waals surface area (Å²) in [5.41, 5.74) is 0.161. The van der Waals surface area contributed by atoms with Crippen LogP contribution in [0, 0.1) is 0 Å². The molecule has 0 radical (unpaired) electrons. The van der Waals surface area contributed by atoms with E-state index in [-0.39, 0.29) is 29.8 Å². The molecule has 6 heteroatoms. The number of hydrogen-bond acceptors (Lipinski definition) is 4. The maximum Gasteiger partial charge on any atom is 0.339 e. The Morgan fingerprint density at radius 1 is 1.37 bits per heavy atom. The van der Waals surface area contributed by atoms with Crippen LogP contribution >= 0.6 is 0 Å². The Kier molecular flexibility index (Phi) is 5.32. The third kappa shape index (κ3) is 4.59. The fourth-order valence-electron chi connectivity index (χ4n) is 1.41. The Morgan fingerprint density at radius 3 is 2.58 bits per heavy atom. The Labute approximate surface area is 111 Å². The van der Waals surface area contributed by atoms with Gasteiger partial charge < -0.3 is 20.8 Å². The van der Waals surface area contributed by atoms with E-state index in [0.717, 1.165) is 6.42 Å². The molecule has 0 aliphatic heterocycles. The number of phenols is 1. The van der Waals surface area contributed by atoms with E-state index in [0.29, 0.717) is 5.69 Å². The van der Waals surface area contributed by atoms with Gasteiger partial charge in [-0.2, -0.15) is 0 Å². The summed E-state index contributed by atoms with van der Waals surface area (Å²) in [5, 5.41) is 23.8. The number of nitrogens with one attached hydrogen (secondary N) is 2. The molecule has 0 heterocycles. The fourth-order valence-corrected chi connectivity index (χ4v) is 1.41. The number of rotatable bonds is 6. The highest BCUT2D eigenvalue weighted by Crippen LogP contribution is 2.21. The van der Waals surface area contributed by atoms with Gasteiger partial charge in [0.1, 0.15) is 11.3 Å². The van der Waals surface area contributed by atoms with Crippen molar-refractivity contribution in [3.63, 3.8) is 0 Å². The summed E-state index contributed by atoms with van der Waals surface area (Å²) in [4.78, 5) is 22.3. The summed E-state index contributed by atoms with van der Waals surface area (Å²) in [6.07, 6.45) is 0.918. The quantitative estimate of drug-likeness (QED) is 0.624. The van der Waals surface area contributed by atoms with Crippen LogP contribution in [-0.2, 0) is 4.79 Å². The minimum atomic E-state index is -1.21. The molecule has 1 rings (SSSR count). The Balaban J connectivity index is 2.60. The largest absolute Gasteiger partial charge is 0.507 e. The summed E-state index contributed by atoms with van der Waals surface area (Å²) in [7, 11) is 0. The van der Waals surface area contributed by atoms with Crippen LogP contribution in [0.25, 0.3) is 0 Å². The molecular formula is C13H18N2O4. The van der Waals surface area contributed by atoms with Crippen molar-refractivity contribution in [2.45, 2.75) is 26.3 Å². The lowest BCUT2D eigenvalue weighted by Gasteiger charge is -2.11. The van der Waals surface area contributed by atoms with Gasteiger partial charge in [0.05, 0.1) is 6.54 Å². The van der Waals surface area contributed by atoms with E-state index in [2.05, 4.69) is 10.6 Å². The zero-order valence-electron chi connectivity index (χ0n) is 10.9. The fraction of sp³-hybridized carbons (Fsp3) is 0.385. The first kappa shape index (κ1) is 15.0. The zero-order valence-corrected chi connectivity index (χ0v) is 10.9. The molecule has 0 aromatic heterocycles. The van der Waals surface area contributed by atoms with Gasteiger partial charge in [-0.05, 0) is 25.5 Å². The van der Waals surface area contributed by atoms with Gasteiger partial charge in [-0.25, -0.2) is 4.79 Å². The molecule has 0 saturated carbocycles. The molecule has 0 bridgehead atoms. The van der Waals surface area contributed by atoms with Crippen LogP contribution in [0.4, 0.5) is 5.69 Å². The monoisotopic (exact) mass is 266 g/mol. The maximum absolute atomic E-state index is 11.6. The van der Waals surface area contributed by atoms with Gasteiger partial charge >= 0.3 is 5.97 Å². The van der Waals surface area contributed by atoms with Gasteiger partial charge in [0.15, 0.2) is 0 Å². The molecule has 0 spiro atoms. The summed E-state index contributed by atoms with van der Waals surface area (Å²) in [6, 6.07) is 4.14. The van der Waals surface area contributed by atoms with Crippen molar-refractivity contribution in [3.8, 4) is 5.75 Å². The molecule has 1 atom stereocenters. The van der Waals surface area contributed by atoms with E-state index in [1.54, 1.807) is 0 Å². The SMILES string of the molecule is CCC(C)NCC(=O)Nc1ccc(C(=O)O)c(O)c1. The molecule has 0 saturated heterocycles. The van der Waals surface area contributed by atoms with Gasteiger partial charge in [0.25, 0.3) is 0 Å². The molecule has 0 fully saturated rings. The second-order valence-electron chi connectivity index (χ2n) is 4.28. The van der Waals surface area contributed by atoms with Crippen molar-refractivity contribution >= 4 is 17.6 Å². The second kappa shape index (κ2) is 6.75. The Hall–Kier alpha value is -2.08. The molecule has 4 N–H and O–H groups in total. The van der Waals surface area contributed by atoms with Crippen LogP contribution in [0.5, 0.6) is 5.75 Å². The van der Waals surface area contributed by atoms with Crippen molar-refractivity contribution in [2.75, 3.05) is 11.9 Å². The highest BCUT2D eigenvalue weighted by Gasteiger charge is 2.11. The number of carboxylic acids is 1. The predicted octanol–water partition coefficient (Wildman–Crippen LogP) is 1.42. The lowest BCUT2D eigenvalue weighted by molar-refractivity contribution is -0.115. The number of anilines is 1. The normalized spacial score (nSPS) is 11.9. The first-order valence-electron chi connectivity index (χ1n) is 6.03. The average molecular weight is 266 g/mol. The number of benzene rings is 1. The molecule has 19 heavy (non-hydrogen) atoms. The molecule has 0 aliphatic rings. The Morgan fingerprint density at radius 2 is 2.05 bits per heavy atom.